The van der Waals surface area contributed by atoms with E-state index in [-0.39, 0.29) is 0 Å². The highest BCUT2D eigenvalue weighted by molar-refractivity contribution is 6.35. The van der Waals surface area contributed by atoms with Gasteiger partial charge in [-0.2, -0.15) is 0 Å². The maximum Gasteiger partial charge on any atom is 0.372 e. The number of Topliss-reactive ketones (excluding diaryl/α,β-unsaturated/α-hetero) is 1. The molecule has 0 radical (unpaired) electrons. The number of carboxylic acid groups (broad SMARTS) is 1. The third-order valence-electron chi connectivity index (χ3n) is 3.08. The van der Waals surface area contributed by atoms with Crippen LogP contribution < -0.4 is 0 Å². The summed E-state index contributed by atoms with van der Waals surface area (Å²) in [6.45, 7) is 0. The van der Waals surface area contributed by atoms with Crippen molar-refractivity contribution in [1.82, 2.24) is 0 Å². The summed E-state index contributed by atoms with van der Waals surface area (Å²) >= 11 is 5.82. The Morgan fingerprint density at radius 1 is 1.00 bits per heavy atom. The summed E-state index contributed by atoms with van der Waals surface area (Å²) < 4.78 is 0. The molecule has 0 heterocycles. The van der Waals surface area contributed by atoms with Gasteiger partial charge >= 0.3 is 5.97 Å². The Balaban J connectivity index is 2.32. The molecule has 1 unspecified atom stereocenters. The van der Waals surface area contributed by atoms with Gasteiger partial charge in [0.05, 0.1) is 5.92 Å². The first-order valence-electron chi connectivity index (χ1n) is 6.14. The largest absolute Gasteiger partial charge is 0.475 e. The molecule has 2 rings (SSSR count). The molecule has 102 valence electrons. The number of hydrogen-bond donors (Lipinski definition) is 1. The van der Waals surface area contributed by atoms with Gasteiger partial charge in [-0.15, -0.1) is 0 Å². The molecule has 2 aromatic carbocycles. The average Bonchev–Trinajstić information content (AvgIpc) is 2.46. The standard InChI is InChI=1S/C16H13ClO3/c17-13-8-6-12(7-9-13)14(15(18)16(19)20)10-11-4-2-1-3-5-11/h1-9,14H,10H2,(H,19,20). The van der Waals surface area contributed by atoms with Crippen LogP contribution in [0.15, 0.2) is 54.6 Å². The number of halogens is 1. The van der Waals surface area contributed by atoms with Crippen molar-refractivity contribution in [3.05, 3.63) is 70.7 Å². The minimum absolute atomic E-state index is 0.355. The lowest BCUT2D eigenvalue weighted by molar-refractivity contribution is -0.149. The molecule has 20 heavy (non-hydrogen) atoms. The monoisotopic (exact) mass is 288 g/mol. The fourth-order valence-corrected chi connectivity index (χ4v) is 2.18. The van der Waals surface area contributed by atoms with Gasteiger partial charge in [-0.25, -0.2) is 4.79 Å². The fraction of sp³-hybridized carbons (Fsp3) is 0.125. The minimum atomic E-state index is -1.42. The first-order chi connectivity index (χ1) is 9.58. The highest BCUT2D eigenvalue weighted by Gasteiger charge is 2.26. The quantitative estimate of drug-likeness (QED) is 0.859. The Kier molecular flexibility index (Phi) is 4.53. The highest BCUT2D eigenvalue weighted by atomic mass is 35.5. The van der Waals surface area contributed by atoms with Crippen molar-refractivity contribution in [3.8, 4) is 0 Å². The van der Waals surface area contributed by atoms with Crippen LogP contribution in [0.3, 0.4) is 0 Å². The molecule has 4 heteroatoms. The van der Waals surface area contributed by atoms with Crippen molar-refractivity contribution in [2.45, 2.75) is 12.3 Å². The fourth-order valence-electron chi connectivity index (χ4n) is 2.06. The zero-order chi connectivity index (χ0) is 14.5. The second kappa shape index (κ2) is 6.35. The van der Waals surface area contributed by atoms with Crippen molar-refractivity contribution in [2.75, 3.05) is 0 Å². The highest BCUT2D eigenvalue weighted by Crippen LogP contribution is 2.24. The predicted molar refractivity (Wildman–Crippen MR) is 77.0 cm³/mol. The van der Waals surface area contributed by atoms with E-state index < -0.39 is 17.7 Å². The van der Waals surface area contributed by atoms with Crippen LogP contribution in [0.4, 0.5) is 0 Å². The molecule has 1 atom stereocenters. The Bertz CT molecular complexity index is 605. The van der Waals surface area contributed by atoms with Gasteiger partial charge in [0.1, 0.15) is 0 Å². The summed E-state index contributed by atoms with van der Waals surface area (Å²) in [6, 6.07) is 16.0. The lowest BCUT2D eigenvalue weighted by atomic mass is 9.88. The molecule has 0 spiro atoms. The van der Waals surface area contributed by atoms with Gasteiger partial charge in [0, 0.05) is 5.02 Å². The molecule has 0 bridgehead atoms. The molecule has 2 aromatic rings. The average molecular weight is 289 g/mol. The van der Waals surface area contributed by atoms with Crippen LogP contribution in [0.2, 0.25) is 5.02 Å². The summed E-state index contributed by atoms with van der Waals surface area (Å²) in [6.07, 6.45) is 0.355. The van der Waals surface area contributed by atoms with Gasteiger partial charge in [0.25, 0.3) is 0 Å². The number of hydrogen-bond acceptors (Lipinski definition) is 2. The van der Waals surface area contributed by atoms with E-state index in [0.717, 1.165) is 5.56 Å². The summed E-state index contributed by atoms with van der Waals surface area (Å²) in [4.78, 5) is 22.9. The molecule has 0 fully saturated rings. The molecule has 0 aromatic heterocycles. The summed E-state index contributed by atoms with van der Waals surface area (Å²) in [5.41, 5.74) is 1.58. The Morgan fingerprint density at radius 2 is 1.60 bits per heavy atom. The van der Waals surface area contributed by atoms with E-state index in [9.17, 15) is 9.59 Å². The van der Waals surface area contributed by atoms with Gasteiger partial charge in [-0.1, -0.05) is 54.1 Å². The minimum Gasteiger partial charge on any atom is -0.475 e. The SMILES string of the molecule is O=C(O)C(=O)C(Cc1ccccc1)c1ccc(Cl)cc1. The molecular formula is C16H13ClO3. The molecule has 3 nitrogen and oxygen atoms in total. The van der Waals surface area contributed by atoms with Gasteiger partial charge in [-0.3, -0.25) is 4.79 Å². The van der Waals surface area contributed by atoms with Crippen LogP contribution in [0.25, 0.3) is 0 Å². The Labute approximate surface area is 121 Å². The second-order valence-corrected chi connectivity index (χ2v) is 4.90. The van der Waals surface area contributed by atoms with E-state index in [2.05, 4.69) is 0 Å². The van der Waals surface area contributed by atoms with Crippen molar-refractivity contribution in [3.63, 3.8) is 0 Å². The van der Waals surface area contributed by atoms with Gasteiger partial charge in [0.15, 0.2) is 0 Å². The van der Waals surface area contributed by atoms with E-state index in [1.807, 2.05) is 30.3 Å². The van der Waals surface area contributed by atoms with E-state index in [0.29, 0.717) is 17.0 Å². The number of rotatable bonds is 5. The lowest BCUT2D eigenvalue weighted by Gasteiger charge is -2.14. The molecular weight excluding hydrogens is 276 g/mol. The Hall–Kier alpha value is -2.13. The maximum atomic E-state index is 11.9. The summed E-state index contributed by atoms with van der Waals surface area (Å²) in [5, 5.41) is 9.52. The topological polar surface area (TPSA) is 54.4 Å². The van der Waals surface area contributed by atoms with Crippen LogP contribution in [0.1, 0.15) is 17.0 Å². The van der Waals surface area contributed by atoms with Crippen LogP contribution in [0.5, 0.6) is 0 Å². The lowest BCUT2D eigenvalue weighted by Crippen LogP contribution is -2.23. The molecule has 0 saturated heterocycles. The van der Waals surface area contributed by atoms with Crippen LogP contribution in [-0.2, 0) is 16.0 Å². The third-order valence-corrected chi connectivity index (χ3v) is 3.33. The molecule has 0 aliphatic carbocycles. The van der Waals surface area contributed by atoms with Crippen LogP contribution in [0, 0.1) is 0 Å². The van der Waals surface area contributed by atoms with Gasteiger partial charge < -0.3 is 5.11 Å². The molecule has 0 aliphatic rings. The Morgan fingerprint density at radius 3 is 2.15 bits per heavy atom. The summed E-state index contributed by atoms with van der Waals surface area (Å²) in [5.74, 6) is -2.93. The smallest absolute Gasteiger partial charge is 0.372 e. The molecule has 1 N–H and O–H groups in total. The van der Waals surface area contributed by atoms with E-state index in [1.165, 1.54) is 0 Å². The molecule has 0 aliphatic heterocycles. The zero-order valence-electron chi connectivity index (χ0n) is 10.6. The van der Waals surface area contributed by atoms with E-state index >= 15 is 0 Å². The molecule has 0 amide bonds. The zero-order valence-corrected chi connectivity index (χ0v) is 11.4. The van der Waals surface area contributed by atoms with Crippen molar-refractivity contribution < 1.29 is 14.7 Å². The number of carbonyl (C=O) groups excluding carboxylic acids is 1. The van der Waals surface area contributed by atoms with Crippen LogP contribution in [-0.4, -0.2) is 16.9 Å². The predicted octanol–water partition coefficient (Wildman–Crippen LogP) is 3.32. The normalized spacial score (nSPS) is 11.8. The number of carbonyl (C=O) groups is 2. The van der Waals surface area contributed by atoms with Crippen molar-refractivity contribution in [2.24, 2.45) is 0 Å². The van der Waals surface area contributed by atoms with Crippen molar-refractivity contribution >= 4 is 23.4 Å². The number of ketones is 1. The van der Waals surface area contributed by atoms with Gasteiger partial charge in [-0.05, 0) is 29.7 Å². The van der Waals surface area contributed by atoms with Crippen LogP contribution >= 0.6 is 11.6 Å². The molecule has 0 saturated carbocycles. The van der Waals surface area contributed by atoms with E-state index in [4.69, 9.17) is 16.7 Å². The first-order valence-corrected chi connectivity index (χ1v) is 6.52. The van der Waals surface area contributed by atoms with Gasteiger partial charge in [0.2, 0.25) is 5.78 Å². The third kappa shape index (κ3) is 3.45. The van der Waals surface area contributed by atoms with E-state index in [1.54, 1.807) is 24.3 Å². The first kappa shape index (κ1) is 14.3. The number of benzene rings is 2. The van der Waals surface area contributed by atoms with Crippen molar-refractivity contribution in [1.29, 1.82) is 0 Å². The maximum absolute atomic E-state index is 11.9. The number of aliphatic carboxylic acids is 1. The second-order valence-electron chi connectivity index (χ2n) is 4.46. The number of carboxylic acids is 1. The summed E-state index contributed by atoms with van der Waals surface area (Å²) in [7, 11) is 0.